The van der Waals surface area contributed by atoms with E-state index in [2.05, 4.69) is 47.6 Å². The summed E-state index contributed by atoms with van der Waals surface area (Å²) >= 11 is 0. The van der Waals surface area contributed by atoms with E-state index >= 15 is 0 Å². The third kappa shape index (κ3) is 4.69. The summed E-state index contributed by atoms with van der Waals surface area (Å²) in [7, 11) is 0. The Hall–Kier alpha value is -4.63. The number of halogens is 1. The molecule has 1 aromatic carbocycles. The molecular formula is C31H28FN7O. The van der Waals surface area contributed by atoms with E-state index in [1.54, 1.807) is 12.3 Å². The quantitative estimate of drug-likeness (QED) is 0.190. The number of aromatic nitrogens is 6. The summed E-state index contributed by atoms with van der Waals surface area (Å²) in [5.74, 6) is 0.158. The highest BCUT2D eigenvalue weighted by Crippen LogP contribution is 2.35. The molecule has 1 aliphatic rings. The minimum atomic E-state index is -0.504. The molecule has 0 radical (unpaired) electrons. The number of hydrogen-bond donors (Lipinski definition) is 4. The number of hydrogen-bond acceptors (Lipinski definition) is 6. The Morgan fingerprint density at radius 2 is 1.77 bits per heavy atom. The largest absolute Gasteiger partial charge is 0.508 e. The van der Waals surface area contributed by atoms with Crippen molar-refractivity contribution in [2.45, 2.75) is 32.2 Å². The number of aromatic hydroxyl groups is 1. The fourth-order valence-electron chi connectivity index (χ4n) is 5.78. The Morgan fingerprint density at radius 3 is 2.65 bits per heavy atom. The van der Waals surface area contributed by atoms with Gasteiger partial charge in [-0.15, -0.1) is 0 Å². The molecule has 0 unspecified atom stereocenters. The number of aromatic amines is 2. The van der Waals surface area contributed by atoms with Crippen LogP contribution in [0.1, 0.15) is 31.2 Å². The van der Waals surface area contributed by atoms with Crippen molar-refractivity contribution in [1.29, 1.82) is 0 Å². The van der Waals surface area contributed by atoms with Crippen LogP contribution in [0.5, 0.6) is 5.75 Å². The molecule has 5 aromatic heterocycles. The maximum atomic E-state index is 14.0. The predicted octanol–water partition coefficient (Wildman–Crippen LogP) is 6.35. The molecule has 5 heterocycles. The zero-order chi connectivity index (χ0) is 27.1. The maximum absolute atomic E-state index is 14.0. The molecule has 6 aromatic rings. The van der Waals surface area contributed by atoms with Crippen LogP contribution in [-0.4, -0.2) is 41.8 Å². The van der Waals surface area contributed by atoms with Crippen LogP contribution in [0.25, 0.3) is 55.7 Å². The molecule has 40 heavy (non-hydrogen) atoms. The van der Waals surface area contributed by atoms with Crippen LogP contribution in [0.4, 0.5) is 4.39 Å². The van der Waals surface area contributed by atoms with E-state index in [1.165, 1.54) is 37.8 Å². The molecule has 1 aliphatic carbocycles. The Balaban J connectivity index is 1.21. The van der Waals surface area contributed by atoms with Crippen molar-refractivity contribution >= 4 is 22.1 Å². The standard InChI is InChI=1S/C31H28FN7O/c32-23-8-20(9-24(40)11-23)25-5-6-35-30-26(25)12-28(37-30)29-27-10-22(17-36-31(27)39-38-29)21-7-19(15-34-16-21)14-33-13-18-3-1-2-4-18/h5-12,15-18,33,40H,1-4,13-14H2,(H,35,37)(H,36,38,39). The van der Waals surface area contributed by atoms with Crippen molar-refractivity contribution in [1.82, 2.24) is 35.5 Å². The van der Waals surface area contributed by atoms with Crippen LogP contribution in [0, 0.1) is 11.7 Å². The van der Waals surface area contributed by atoms with E-state index in [0.717, 1.165) is 63.8 Å². The lowest BCUT2D eigenvalue weighted by Gasteiger charge is -2.11. The van der Waals surface area contributed by atoms with Crippen molar-refractivity contribution in [2.24, 2.45) is 5.92 Å². The second-order valence-electron chi connectivity index (χ2n) is 10.6. The van der Waals surface area contributed by atoms with Gasteiger partial charge in [-0.2, -0.15) is 5.10 Å². The first-order chi connectivity index (χ1) is 19.6. The highest BCUT2D eigenvalue weighted by atomic mass is 19.1. The summed E-state index contributed by atoms with van der Waals surface area (Å²) < 4.78 is 14.0. The molecule has 8 nitrogen and oxygen atoms in total. The van der Waals surface area contributed by atoms with Gasteiger partial charge in [0, 0.05) is 59.3 Å². The van der Waals surface area contributed by atoms with Gasteiger partial charge < -0.3 is 15.4 Å². The smallest absolute Gasteiger partial charge is 0.155 e. The van der Waals surface area contributed by atoms with Gasteiger partial charge >= 0.3 is 0 Å². The number of fused-ring (bicyclic) bond motifs is 2. The molecular weight excluding hydrogens is 505 g/mol. The third-order valence-electron chi connectivity index (χ3n) is 7.76. The van der Waals surface area contributed by atoms with Crippen LogP contribution < -0.4 is 5.32 Å². The van der Waals surface area contributed by atoms with Gasteiger partial charge in [0.05, 0.1) is 5.69 Å². The first-order valence-electron chi connectivity index (χ1n) is 13.6. The summed E-state index contributed by atoms with van der Waals surface area (Å²) in [6, 6.07) is 12.0. The molecule has 4 N–H and O–H groups in total. The van der Waals surface area contributed by atoms with Crippen LogP contribution in [0.15, 0.2) is 67.3 Å². The number of phenols is 1. The van der Waals surface area contributed by atoms with Crippen LogP contribution >= 0.6 is 0 Å². The van der Waals surface area contributed by atoms with Gasteiger partial charge in [0.25, 0.3) is 0 Å². The fourth-order valence-corrected chi connectivity index (χ4v) is 5.78. The molecule has 0 bridgehead atoms. The van der Waals surface area contributed by atoms with E-state index in [9.17, 15) is 9.50 Å². The van der Waals surface area contributed by atoms with Gasteiger partial charge in [-0.1, -0.05) is 12.8 Å². The van der Waals surface area contributed by atoms with Gasteiger partial charge in [0.1, 0.15) is 22.9 Å². The highest BCUT2D eigenvalue weighted by molar-refractivity contribution is 5.99. The molecule has 0 amide bonds. The summed E-state index contributed by atoms with van der Waals surface area (Å²) in [5.41, 5.74) is 7.17. The SMILES string of the molecule is Oc1cc(F)cc(-c2ccnc3[nH]c(-c4n[nH]c5ncc(-c6cncc(CNCC7CCCC7)c6)cc45)cc23)c1. The number of H-pyrrole nitrogens is 2. The van der Waals surface area contributed by atoms with Crippen LogP contribution in [0.2, 0.25) is 0 Å². The molecule has 0 saturated heterocycles. The number of phenolic OH excluding ortho intramolecular Hbond substituents is 1. The van der Waals surface area contributed by atoms with E-state index < -0.39 is 5.82 Å². The second-order valence-corrected chi connectivity index (χ2v) is 10.6. The first-order valence-corrected chi connectivity index (χ1v) is 13.6. The number of pyridine rings is 3. The van der Waals surface area contributed by atoms with Crippen LogP contribution in [0.3, 0.4) is 0 Å². The average Bonchev–Trinajstić information content (AvgIpc) is 3.71. The molecule has 200 valence electrons. The first kappa shape index (κ1) is 24.4. The normalized spacial score (nSPS) is 14.0. The Kier molecular flexibility index (Phi) is 6.20. The fraction of sp³-hybridized carbons (Fsp3) is 0.226. The van der Waals surface area contributed by atoms with Gasteiger partial charge in [-0.05, 0) is 78.4 Å². The second kappa shape index (κ2) is 10.2. The molecule has 1 saturated carbocycles. The number of rotatable bonds is 7. The Morgan fingerprint density at radius 1 is 0.900 bits per heavy atom. The van der Waals surface area contributed by atoms with Gasteiger partial charge in [-0.3, -0.25) is 10.1 Å². The van der Waals surface area contributed by atoms with Gasteiger partial charge in [-0.25, -0.2) is 14.4 Å². The van der Waals surface area contributed by atoms with Crippen molar-refractivity contribution in [3.8, 4) is 39.4 Å². The predicted molar refractivity (Wildman–Crippen MR) is 153 cm³/mol. The van der Waals surface area contributed by atoms with Gasteiger partial charge in [0.2, 0.25) is 0 Å². The lowest BCUT2D eigenvalue weighted by Crippen LogP contribution is -2.20. The molecule has 0 spiro atoms. The third-order valence-corrected chi connectivity index (χ3v) is 7.76. The van der Waals surface area contributed by atoms with Gasteiger partial charge in [0.15, 0.2) is 5.65 Å². The molecule has 7 rings (SSSR count). The van der Waals surface area contributed by atoms with Crippen molar-refractivity contribution in [3.63, 3.8) is 0 Å². The number of nitrogens with zero attached hydrogens (tertiary/aromatic N) is 4. The Labute approximate surface area is 229 Å². The van der Waals surface area contributed by atoms with Crippen molar-refractivity contribution < 1.29 is 9.50 Å². The lowest BCUT2D eigenvalue weighted by molar-refractivity contribution is 0.469. The van der Waals surface area contributed by atoms with E-state index in [0.29, 0.717) is 22.6 Å². The summed E-state index contributed by atoms with van der Waals surface area (Å²) in [6.45, 7) is 1.84. The zero-order valence-electron chi connectivity index (χ0n) is 21.8. The molecule has 0 atom stereocenters. The minimum Gasteiger partial charge on any atom is -0.508 e. The highest BCUT2D eigenvalue weighted by Gasteiger charge is 2.17. The monoisotopic (exact) mass is 533 g/mol. The maximum Gasteiger partial charge on any atom is 0.155 e. The van der Waals surface area contributed by atoms with Crippen molar-refractivity contribution in [2.75, 3.05) is 6.54 Å². The van der Waals surface area contributed by atoms with E-state index in [4.69, 9.17) is 0 Å². The average molecular weight is 534 g/mol. The number of nitrogens with one attached hydrogen (secondary N) is 3. The molecule has 0 aliphatic heterocycles. The topological polar surface area (TPSA) is 115 Å². The Bertz CT molecular complexity index is 1820. The molecule has 1 fully saturated rings. The van der Waals surface area contributed by atoms with E-state index in [-0.39, 0.29) is 5.75 Å². The summed E-state index contributed by atoms with van der Waals surface area (Å²) in [5, 5.41) is 22.8. The number of benzene rings is 1. The van der Waals surface area contributed by atoms with Crippen molar-refractivity contribution in [3.05, 3.63) is 78.6 Å². The van der Waals surface area contributed by atoms with E-state index in [1.807, 2.05) is 24.7 Å². The van der Waals surface area contributed by atoms with Crippen LogP contribution in [-0.2, 0) is 6.54 Å². The summed E-state index contributed by atoms with van der Waals surface area (Å²) in [6.07, 6.45) is 12.6. The summed E-state index contributed by atoms with van der Waals surface area (Å²) in [4.78, 5) is 16.9. The minimum absolute atomic E-state index is 0.129. The molecule has 9 heteroatoms. The lowest BCUT2D eigenvalue weighted by atomic mass is 10.0. The zero-order valence-corrected chi connectivity index (χ0v) is 21.8.